The Morgan fingerprint density at radius 1 is 1.67 bits per heavy atom. The third-order valence-corrected chi connectivity index (χ3v) is 0.493. The zero-order valence-corrected chi connectivity index (χ0v) is 3.65. The second-order valence-corrected chi connectivity index (χ2v) is 1.05. The maximum atomic E-state index is 7.05. The van der Waals surface area contributed by atoms with E-state index < -0.39 is 6.50 Å². The molecule has 4 N–H and O–H groups in total. The largest absolute Gasteiger partial charge is 0.330 e. The minimum Gasteiger partial charge on any atom is -0.330 e. The lowest BCUT2D eigenvalue weighted by Crippen LogP contribution is -2.03. The fraction of sp³-hybridized carbons (Fsp3) is 1.00. The molecule has 0 aliphatic heterocycles. The third-order valence-electron chi connectivity index (χ3n) is 0.493. The van der Waals surface area contributed by atoms with Gasteiger partial charge in [-0.05, 0) is 25.9 Å². The Morgan fingerprint density at radius 3 is 3.00 bits per heavy atom. The summed E-state index contributed by atoms with van der Waals surface area (Å²) in [5, 5.41) is 0. The van der Waals surface area contributed by atoms with Crippen molar-refractivity contribution in [1.29, 1.82) is 0 Å². The van der Waals surface area contributed by atoms with Crippen LogP contribution in [0.25, 0.3) is 0 Å². The smallest absolute Gasteiger partial charge is 0.118 e. The molecular weight excluding hydrogens is 76.1 g/mol. The third kappa shape index (κ3) is 3.92. The van der Waals surface area contributed by atoms with Crippen molar-refractivity contribution >= 4 is 0 Å². The Hall–Kier alpha value is -0.0800. The number of hydrogen-bond acceptors (Lipinski definition) is 2. The zero-order valence-electron chi connectivity index (χ0n) is 7.65. The first-order valence-corrected chi connectivity index (χ1v) is 1.99. The maximum absolute atomic E-state index is 7.05. The minimum atomic E-state index is -1.86. The molecule has 0 fully saturated rings. The van der Waals surface area contributed by atoms with Gasteiger partial charge in [-0.2, -0.15) is 0 Å². The van der Waals surface area contributed by atoms with Gasteiger partial charge in [0.15, 0.2) is 0 Å². The molecule has 2 heteroatoms. The van der Waals surface area contributed by atoms with E-state index in [9.17, 15) is 0 Å². The summed E-state index contributed by atoms with van der Waals surface area (Å²) >= 11 is 0. The van der Waals surface area contributed by atoms with Gasteiger partial charge in [-0.1, -0.05) is 0 Å². The van der Waals surface area contributed by atoms with Crippen LogP contribution >= 0.6 is 0 Å². The monoisotopic (exact) mass is 92.1 g/mol. The van der Waals surface area contributed by atoms with Gasteiger partial charge < -0.3 is 11.5 Å². The first-order chi connectivity index (χ1) is 4.50. The van der Waals surface area contributed by atoms with Crippen LogP contribution in [0.15, 0.2) is 0 Å². The van der Waals surface area contributed by atoms with Crippen LogP contribution in [0.3, 0.4) is 0 Å². The van der Waals surface area contributed by atoms with E-state index in [4.69, 9.17) is 11.3 Å². The lowest BCUT2D eigenvalue weighted by molar-refractivity contribution is 0.755. The standard InChI is InChI=1S/C4H12N2/c5-3-1-2-4-6/h1-6H2/i3D2/hD2. The molecule has 0 aliphatic rings. The molecule has 6 heavy (non-hydrogen) atoms. The van der Waals surface area contributed by atoms with Gasteiger partial charge in [-0.15, -0.1) is 0 Å². The molecule has 0 aromatic carbocycles. The molecule has 0 unspecified atom stereocenters. The predicted molar refractivity (Wildman–Crippen MR) is 27.3 cm³/mol. The van der Waals surface area contributed by atoms with E-state index in [1.54, 1.807) is 0 Å². The van der Waals surface area contributed by atoms with Gasteiger partial charge in [-0.3, -0.25) is 0 Å². The SMILES string of the molecule is [2H]N([2H])C([2H])([2H])CCCN. The number of rotatable bonds is 4. The quantitative estimate of drug-likeness (QED) is 0.499. The van der Waals surface area contributed by atoms with E-state index in [2.05, 4.69) is 0 Å². The Morgan fingerprint density at radius 2 is 2.50 bits per heavy atom. The van der Waals surface area contributed by atoms with Crippen molar-refractivity contribution in [2.75, 3.05) is 13.0 Å². The van der Waals surface area contributed by atoms with Crippen molar-refractivity contribution in [2.24, 2.45) is 11.5 Å². The van der Waals surface area contributed by atoms with E-state index in [0.717, 1.165) is 0 Å². The van der Waals surface area contributed by atoms with Crippen LogP contribution in [0.5, 0.6) is 0 Å². The molecule has 0 heterocycles. The van der Waals surface area contributed by atoms with Gasteiger partial charge in [0, 0.05) is 2.74 Å². The fourth-order valence-electron chi connectivity index (χ4n) is 0.181. The lowest BCUT2D eigenvalue weighted by Gasteiger charge is -1.87. The van der Waals surface area contributed by atoms with Crippen LogP contribution in [0.4, 0.5) is 0 Å². The van der Waals surface area contributed by atoms with Crippen LogP contribution < -0.4 is 11.5 Å². The molecule has 0 saturated heterocycles. The van der Waals surface area contributed by atoms with Gasteiger partial charge in [0.05, 0.1) is 0 Å². The van der Waals surface area contributed by atoms with Crippen molar-refractivity contribution < 1.29 is 5.57 Å². The molecule has 0 aromatic heterocycles. The first-order valence-electron chi connectivity index (χ1n) is 3.88. The molecule has 0 saturated carbocycles. The van der Waals surface area contributed by atoms with E-state index in [1.165, 1.54) is 0 Å². The summed E-state index contributed by atoms with van der Waals surface area (Å²) in [4.78, 5) is 0. The second-order valence-electron chi connectivity index (χ2n) is 1.05. The predicted octanol–water partition coefficient (Wildman–Crippen LogP) is -0.316. The highest BCUT2D eigenvalue weighted by atomic mass is 14.5. The molecule has 38 valence electrons. The summed E-state index contributed by atoms with van der Waals surface area (Å²) in [5.41, 5.74) is 5.20. The van der Waals surface area contributed by atoms with Crippen molar-refractivity contribution in [3.05, 3.63) is 0 Å². The number of hydrogen-bond donors (Lipinski definition) is 2. The van der Waals surface area contributed by atoms with Gasteiger partial charge >= 0.3 is 0 Å². The summed E-state index contributed by atoms with van der Waals surface area (Å²) in [6.45, 7) is -1.47. The van der Waals surface area contributed by atoms with Crippen LogP contribution in [0.1, 0.15) is 15.6 Å². The highest BCUT2D eigenvalue weighted by molar-refractivity contribution is 4.38. The van der Waals surface area contributed by atoms with Crippen LogP contribution in [-0.2, 0) is 0 Å². The topological polar surface area (TPSA) is 52.0 Å². The Kier molecular flexibility index (Phi) is 1.48. The summed E-state index contributed by atoms with van der Waals surface area (Å²) in [6, 6.07) is 0. The van der Waals surface area contributed by atoms with Crippen molar-refractivity contribution in [2.45, 2.75) is 12.8 Å². The molecule has 0 radical (unpaired) electrons. The summed E-state index contributed by atoms with van der Waals surface area (Å²) in [6.07, 6.45) is 0.637. The molecule has 0 spiro atoms. The molecule has 0 aromatic rings. The average Bonchev–Trinajstić information content (AvgIpc) is 1.84. The highest BCUT2D eigenvalue weighted by Crippen LogP contribution is 1.77. The van der Waals surface area contributed by atoms with Gasteiger partial charge in [0.2, 0.25) is 0 Å². The Bertz CT molecular complexity index is 95.3. The molecule has 0 bridgehead atoms. The van der Waals surface area contributed by atoms with E-state index in [-0.39, 0.29) is 12.1 Å². The zero-order chi connectivity index (χ0) is 8.20. The molecule has 0 atom stereocenters. The fourth-order valence-corrected chi connectivity index (χ4v) is 0.181. The van der Waals surface area contributed by atoms with E-state index >= 15 is 0 Å². The molecule has 2 nitrogen and oxygen atoms in total. The summed E-state index contributed by atoms with van der Waals surface area (Å²) < 4.78 is 27.4. The summed E-state index contributed by atoms with van der Waals surface area (Å²) in [5.74, 6) is 0. The van der Waals surface area contributed by atoms with E-state index in [0.29, 0.717) is 13.0 Å². The minimum absolute atomic E-state index is 0.0721. The van der Waals surface area contributed by atoms with Crippen LogP contribution in [0, 0.1) is 0 Å². The number of nitrogens with two attached hydrogens (primary N) is 2. The Balaban J connectivity index is 3.63. The lowest BCUT2D eigenvalue weighted by atomic mass is 10.3. The Labute approximate surface area is 44.2 Å². The normalized spacial score (nSPS) is 21.7. The molecular formula is C4H12N2. The molecule has 0 rings (SSSR count). The van der Waals surface area contributed by atoms with Gasteiger partial charge in [0.25, 0.3) is 0 Å². The van der Waals surface area contributed by atoms with Crippen LogP contribution in [0.2, 0.25) is 2.82 Å². The van der Waals surface area contributed by atoms with Crippen molar-refractivity contribution in [3.8, 4) is 0 Å². The first kappa shape index (κ1) is 1.80. The highest BCUT2D eigenvalue weighted by Gasteiger charge is 1.75. The van der Waals surface area contributed by atoms with Crippen molar-refractivity contribution in [3.63, 3.8) is 0 Å². The van der Waals surface area contributed by atoms with E-state index in [1.807, 2.05) is 0 Å². The second kappa shape index (κ2) is 4.92. The van der Waals surface area contributed by atoms with Gasteiger partial charge in [0.1, 0.15) is 2.82 Å². The van der Waals surface area contributed by atoms with Crippen LogP contribution in [-0.4, -0.2) is 13.0 Å². The maximum Gasteiger partial charge on any atom is 0.118 e. The molecule has 0 aliphatic carbocycles. The average molecular weight is 92.2 g/mol. The molecule has 0 amide bonds. The van der Waals surface area contributed by atoms with Gasteiger partial charge in [-0.25, -0.2) is 0 Å². The summed E-state index contributed by atoms with van der Waals surface area (Å²) in [7, 11) is 0. The van der Waals surface area contributed by atoms with Crippen molar-refractivity contribution in [1.82, 2.24) is 0 Å².